The van der Waals surface area contributed by atoms with Crippen molar-refractivity contribution in [2.24, 2.45) is 0 Å². The zero-order valence-electron chi connectivity index (χ0n) is 11.8. The van der Waals surface area contributed by atoms with E-state index in [1.165, 1.54) is 14.0 Å². The summed E-state index contributed by atoms with van der Waals surface area (Å²) in [7, 11) is -1.95. The van der Waals surface area contributed by atoms with Crippen LogP contribution in [-0.2, 0) is 21.1 Å². The molecule has 0 amide bonds. The molecule has 0 N–H and O–H groups in total. The van der Waals surface area contributed by atoms with E-state index in [-0.39, 0.29) is 0 Å². The molecule has 5 nitrogen and oxygen atoms in total. The van der Waals surface area contributed by atoms with Crippen molar-refractivity contribution in [2.45, 2.75) is 18.6 Å². The van der Waals surface area contributed by atoms with E-state index in [0.717, 1.165) is 6.26 Å². The Hall–Kier alpha value is -1.82. The average molecular weight is 298 g/mol. The molecule has 0 heterocycles. The molecule has 20 heavy (non-hydrogen) atoms. The summed E-state index contributed by atoms with van der Waals surface area (Å²) < 4.78 is 32.9. The number of rotatable bonds is 6. The number of carbonyl (C=O) groups is 1. The summed E-state index contributed by atoms with van der Waals surface area (Å²) in [6, 6.07) is 4.93. The summed E-state index contributed by atoms with van der Waals surface area (Å²) >= 11 is 0. The molecule has 1 aromatic carbocycles. The lowest BCUT2D eigenvalue weighted by atomic mass is 10.1. The van der Waals surface area contributed by atoms with E-state index in [1.807, 2.05) is 0 Å². The molecule has 0 spiro atoms. The standard InChI is InChI=1S/C14H18O5S/c1-5-6-11-9-12(18-3)7-8-13(11)19-14(15)10(2)20(4,16)17/h5,7-10H,1,6H2,2-4H3/t10-/m1/s1. The van der Waals surface area contributed by atoms with Crippen LogP contribution in [0, 0.1) is 0 Å². The number of methoxy groups -OCH3 is 1. The van der Waals surface area contributed by atoms with Gasteiger partial charge >= 0.3 is 5.97 Å². The fourth-order valence-electron chi connectivity index (χ4n) is 1.46. The number of sulfone groups is 1. The molecule has 0 radical (unpaired) electrons. The van der Waals surface area contributed by atoms with E-state index in [0.29, 0.717) is 23.5 Å². The minimum atomic E-state index is -3.48. The van der Waals surface area contributed by atoms with E-state index in [1.54, 1.807) is 24.3 Å². The summed E-state index contributed by atoms with van der Waals surface area (Å²) in [5.74, 6) is 0.131. The van der Waals surface area contributed by atoms with E-state index in [9.17, 15) is 13.2 Å². The summed E-state index contributed by atoms with van der Waals surface area (Å²) in [6.45, 7) is 4.93. The number of ether oxygens (including phenoxy) is 2. The molecule has 0 bridgehead atoms. The molecule has 0 aromatic heterocycles. The third kappa shape index (κ3) is 4.09. The molecule has 1 rings (SSSR count). The predicted octanol–water partition coefficient (Wildman–Crippen LogP) is 1.76. The van der Waals surface area contributed by atoms with Crippen molar-refractivity contribution in [3.63, 3.8) is 0 Å². The average Bonchev–Trinajstić information content (AvgIpc) is 2.38. The number of hydrogen-bond acceptors (Lipinski definition) is 5. The first-order chi connectivity index (χ1) is 9.29. The molecule has 0 fully saturated rings. The number of hydrogen-bond donors (Lipinski definition) is 0. The Labute approximate surface area is 119 Å². The first kappa shape index (κ1) is 16.2. The molecule has 1 atom stereocenters. The van der Waals surface area contributed by atoms with Crippen molar-refractivity contribution in [1.82, 2.24) is 0 Å². The van der Waals surface area contributed by atoms with Crippen LogP contribution in [0.25, 0.3) is 0 Å². The second kappa shape index (κ2) is 6.56. The van der Waals surface area contributed by atoms with Gasteiger partial charge in [-0.2, -0.15) is 0 Å². The van der Waals surface area contributed by atoms with E-state index < -0.39 is 21.1 Å². The van der Waals surface area contributed by atoms with Gasteiger partial charge in [0.05, 0.1) is 7.11 Å². The van der Waals surface area contributed by atoms with Gasteiger partial charge in [0.1, 0.15) is 11.5 Å². The van der Waals surface area contributed by atoms with Crippen LogP contribution in [0.4, 0.5) is 0 Å². The lowest BCUT2D eigenvalue weighted by Crippen LogP contribution is -2.30. The van der Waals surface area contributed by atoms with Crippen molar-refractivity contribution in [2.75, 3.05) is 13.4 Å². The van der Waals surface area contributed by atoms with Crippen molar-refractivity contribution >= 4 is 15.8 Å². The lowest BCUT2D eigenvalue weighted by Gasteiger charge is -2.13. The van der Waals surface area contributed by atoms with Crippen LogP contribution in [0.15, 0.2) is 30.9 Å². The Bertz CT molecular complexity index is 604. The van der Waals surface area contributed by atoms with Gasteiger partial charge in [0, 0.05) is 11.8 Å². The highest BCUT2D eigenvalue weighted by atomic mass is 32.2. The molecule has 1 aromatic rings. The maximum Gasteiger partial charge on any atom is 0.329 e. The zero-order chi connectivity index (χ0) is 15.3. The molecule has 110 valence electrons. The Morgan fingerprint density at radius 2 is 2.10 bits per heavy atom. The molecule has 0 saturated carbocycles. The zero-order valence-corrected chi connectivity index (χ0v) is 12.6. The van der Waals surface area contributed by atoms with Gasteiger partial charge in [-0.05, 0) is 31.5 Å². The van der Waals surface area contributed by atoms with E-state index in [2.05, 4.69) is 6.58 Å². The molecular weight excluding hydrogens is 280 g/mol. The van der Waals surface area contributed by atoms with Gasteiger partial charge < -0.3 is 9.47 Å². The number of esters is 1. The van der Waals surface area contributed by atoms with Crippen LogP contribution in [-0.4, -0.2) is 33.0 Å². The Kier molecular flexibility index (Phi) is 5.33. The first-order valence-corrected chi connectivity index (χ1v) is 7.93. The van der Waals surface area contributed by atoms with Gasteiger partial charge in [0.25, 0.3) is 0 Å². The Morgan fingerprint density at radius 1 is 1.45 bits per heavy atom. The largest absolute Gasteiger partial charge is 0.497 e. The lowest BCUT2D eigenvalue weighted by molar-refractivity contribution is -0.133. The third-order valence-electron chi connectivity index (χ3n) is 2.82. The number of allylic oxidation sites excluding steroid dienone is 1. The summed E-state index contributed by atoms with van der Waals surface area (Å²) in [4.78, 5) is 11.8. The molecule has 0 aliphatic heterocycles. The van der Waals surface area contributed by atoms with Crippen LogP contribution < -0.4 is 9.47 Å². The molecule has 6 heteroatoms. The van der Waals surface area contributed by atoms with Gasteiger partial charge in [0.2, 0.25) is 0 Å². The highest BCUT2D eigenvalue weighted by molar-refractivity contribution is 7.92. The quantitative estimate of drug-likeness (QED) is 0.455. The normalized spacial score (nSPS) is 12.6. The summed E-state index contributed by atoms with van der Waals surface area (Å²) in [6.07, 6.45) is 3.14. The monoisotopic (exact) mass is 298 g/mol. The van der Waals surface area contributed by atoms with E-state index in [4.69, 9.17) is 9.47 Å². The minimum absolute atomic E-state index is 0.311. The predicted molar refractivity (Wildman–Crippen MR) is 76.8 cm³/mol. The molecule has 0 unspecified atom stereocenters. The van der Waals surface area contributed by atoms with E-state index >= 15 is 0 Å². The minimum Gasteiger partial charge on any atom is -0.497 e. The second-order valence-corrected chi connectivity index (χ2v) is 6.73. The summed E-state index contributed by atoms with van der Waals surface area (Å²) in [5.41, 5.74) is 0.702. The Morgan fingerprint density at radius 3 is 2.60 bits per heavy atom. The fraction of sp³-hybridized carbons (Fsp3) is 0.357. The number of benzene rings is 1. The smallest absolute Gasteiger partial charge is 0.329 e. The van der Waals surface area contributed by atoms with Gasteiger partial charge in [-0.25, -0.2) is 8.42 Å². The van der Waals surface area contributed by atoms with Gasteiger partial charge in [-0.3, -0.25) is 4.79 Å². The highest BCUT2D eigenvalue weighted by Gasteiger charge is 2.26. The van der Waals surface area contributed by atoms with Crippen molar-refractivity contribution < 1.29 is 22.7 Å². The van der Waals surface area contributed by atoms with Crippen LogP contribution in [0.1, 0.15) is 12.5 Å². The third-order valence-corrected chi connectivity index (χ3v) is 4.29. The van der Waals surface area contributed by atoms with Crippen molar-refractivity contribution in [3.05, 3.63) is 36.4 Å². The second-order valence-electron chi connectivity index (χ2n) is 4.36. The van der Waals surface area contributed by atoms with Crippen LogP contribution in [0.2, 0.25) is 0 Å². The molecule has 0 aliphatic carbocycles. The van der Waals surface area contributed by atoms with Crippen LogP contribution in [0.3, 0.4) is 0 Å². The summed E-state index contributed by atoms with van der Waals surface area (Å²) in [5, 5.41) is -1.21. The Balaban J connectivity index is 3.02. The first-order valence-electron chi connectivity index (χ1n) is 5.98. The van der Waals surface area contributed by atoms with Crippen LogP contribution >= 0.6 is 0 Å². The van der Waals surface area contributed by atoms with Gasteiger partial charge in [-0.1, -0.05) is 6.08 Å². The maximum atomic E-state index is 11.8. The van der Waals surface area contributed by atoms with Crippen molar-refractivity contribution in [1.29, 1.82) is 0 Å². The molecule has 0 saturated heterocycles. The van der Waals surface area contributed by atoms with Crippen molar-refractivity contribution in [3.8, 4) is 11.5 Å². The number of carbonyl (C=O) groups excluding carboxylic acids is 1. The maximum absolute atomic E-state index is 11.8. The van der Waals surface area contributed by atoms with Gasteiger partial charge in [0.15, 0.2) is 15.1 Å². The molecule has 0 aliphatic rings. The molecular formula is C14H18O5S. The topological polar surface area (TPSA) is 69.7 Å². The fourth-order valence-corrected chi connectivity index (χ4v) is 1.86. The van der Waals surface area contributed by atoms with Crippen LogP contribution in [0.5, 0.6) is 11.5 Å². The van der Waals surface area contributed by atoms with Gasteiger partial charge in [-0.15, -0.1) is 6.58 Å². The highest BCUT2D eigenvalue weighted by Crippen LogP contribution is 2.25. The SMILES string of the molecule is C=CCc1cc(OC)ccc1OC(=O)[C@@H](C)S(C)(=O)=O.